The molecule has 0 radical (unpaired) electrons. The maximum Gasteiger partial charge on any atom is 0.225 e. The number of phenols is 2. The van der Waals surface area contributed by atoms with Gasteiger partial charge in [0.2, 0.25) is 11.9 Å². The van der Waals surface area contributed by atoms with E-state index in [1.54, 1.807) is 17.0 Å². The summed E-state index contributed by atoms with van der Waals surface area (Å²) in [4.78, 5) is 4.76. The van der Waals surface area contributed by atoms with Gasteiger partial charge in [-0.15, -0.1) is 10.2 Å². The van der Waals surface area contributed by atoms with Crippen molar-refractivity contribution in [2.75, 3.05) is 24.3 Å². The van der Waals surface area contributed by atoms with Gasteiger partial charge >= 0.3 is 0 Å². The first-order valence-electron chi connectivity index (χ1n) is 5.41. The second-order valence-electron chi connectivity index (χ2n) is 4.03. The van der Waals surface area contributed by atoms with Gasteiger partial charge in [0, 0.05) is 26.2 Å². The number of anilines is 2. The van der Waals surface area contributed by atoms with Gasteiger partial charge in [0.1, 0.15) is 0 Å². The van der Waals surface area contributed by atoms with E-state index in [9.17, 15) is 10.2 Å². The fourth-order valence-corrected chi connectivity index (χ4v) is 1.43. The van der Waals surface area contributed by atoms with Crippen LogP contribution < -0.4 is 10.2 Å². The predicted molar refractivity (Wildman–Crippen MR) is 67.8 cm³/mol. The number of hydrogen-bond donors (Lipinski definition) is 4. The Morgan fingerprint density at radius 3 is 2.72 bits per heavy atom. The first-order valence-corrected chi connectivity index (χ1v) is 5.41. The van der Waals surface area contributed by atoms with Gasteiger partial charge in [-0.3, -0.25) is 4.98 Å². The summed E-state index contributed by atoms with van der Waals surface area (Å²) in [7, 11) is 3.71. The molecule has 7 heteroatoms. The zero-order chi connectivity index (χ0) is 13.1. The molecule has 0 bridgehead atoms. The third-order valence-corrected chi connectivity index (χ3v) is 2.44. The zero-order valence-electron chi connectivity index (χ0n) is 10.2. The van der Waals surface area contributed by atoms with Crippen molar-refractivity contribution in [1.29, 1.82) is 0 Å². The van der Waals surface area contributed by atoms with E-state index >= 15 is 0 Å². The van der Waals surface area contributed by atoms with Gasteiger partial charge in [-0.25, -0.2) is 0 Å². The van der Waals surface area contributed by atoms with Gasteiger partial charge in [0.05, 0.1) is 0 Å². The van der Waals surface area contributed by atoms with E-state index in [-0.39, 0.29) is 11.5 Å². The molecule has 1 aromatic heterocycles. The lowest BCUT2D eigenvalue weighted by atomic mass is 10.2. The number of nitrogens with zero attached hydrogens (tertiary/aromatic N) is 3. The average molecular weight is 249 g/mol. The maximum atomic E-state index is 9.62. The number of H-pyrrole nitrogens is 1. The van der Waals surface area contributed by atoms with Crippen molar-refractivity contribution in [1.82, 2.24) is 15.2 Å². The highest BCUT2D eigenvalue weighted by atomic mass is 16.3. The summed E-state index contributed by atoms with van der Waals surface area (Å²) < 4.78 is 0. The number of hydrogen-bond acceptors (Lipinski definition) is 6. The van der Waals surface area contributed by atoms with Crippen LogP contribution in [0.15, 0.2) is 18.2 Å². The molecule has 0 aliphatic rings. The molecular weight excluding hydrogens is 234 g/mol. The summed E-state index contributed by atoms with van der Waals surface area (Å²) in [5.41, 5.74) is 0.581. The van der Waals surface area contributed by atoms with Crippen LogP contribution in [-0.2, 0) is 6.54 Å². The summed E-state index contributed by atoms with van der Waals surface area (Å²) in [5.74, 6) is 0.872. The summed E-state index contributed by atoms with van der Waals surface area (Å²) in [5, 5.41) is 29.8. The van der Waals surface area contributed by atoms with E-state index < -0.39 is 0 Å². The second-order valence-corrected chi connectivity index (χ2v) is 4.03. The minimum absolute atomic E-state index is 0.127. The summed E-state index contributed by atoms with van der Waals surface area (Å²) in [6.45, 7) is 0.336. The SMILES string of the molecule is CN(C)c1nnc(NCc2cccc(O)c2O)[nH]1. The first kappa shape index (κ1) is 12.0. The topological polar surface area (TPSA) is 97.3 Å². The summed E-state index contributed by atoms with van der Waals surface area (Å²) >= 11 is 0. The highest BCUT2D eigenvalue weighted by Gasteiger charge is 2.07. The number of rotatable bonds is 4. The number of aromatic nitrogens is 3. The minimum atomic E-state index is -0.138. The van der Waals surface area contributed by atoms with E-state index in [1.165, 1.54) is 6.07 Å². The second kappa shape index (κ2) is 4.82. The third-order valence-electron chi connectivity index (χ3n) is 2.44. The molecule has 0 aliphatic carbocycles. The van der Waals surface area contributed by atoms with Crippen molar-refractivity contribution in [2.24, 2.45) is 0 Å². The largest absolute Gasteiger partial charge is 0.504 e. The Kier molecular flexibility index (Phi) is 3.22. The third kappa shape index (κ3) is 2.45. The molecule has 7 nitrogen and oxygen atoms in total. The summed E-state index contributed by atoms with van der Waals surface area (Å²) in [6.07, 6.45) is 0. The van der Waals surface area contributed by atoms with Crippen molar-refractivity contribution in [3.8, 4) is 11.5 Å². The number of aromatic hydroxyl groups is 2. The molecule has 18 heavy (non-hydrogen) atoms. The van der Waals surface area contributed by atoms with Crippen LogP contribution in [0.2, 0.25) is 0 Å². The molecule has 4 N–H and O–H groups in total. The van der Waals surface area contributed by atoms with E-state index in [4.69, 9.17) is 0 Å². The Bertz CT molecular complexity index is 538. The molecule has 2 rings (SSSR count). The Labute approximate surface area is 104 Å². The van der Waals surface area contributed by atoms with Crippen LogP contribution in [0.5, 0.6) is 11.5 Å². The zero-order valence-corrected chi connectivity index (χ0v) is 10.2. The molecule has 0 saturated carbocycles. The molecule has 0 atom stereocenters. The van der Waals surface area contributed by atoms with Gasteiger partial charge in [-0.05, 0) is 6.07 Å². The summed E-state index contributed by atoms with van der Waals surface area (Å²) in [6, 6.07) is 4.81. The molecule has 2 aromatic rings. The van der Waals surface area contributed by atoms with Crippen LogP contribution in [0, 0.1) is 0 Å². The molecule has 96 valence electrons. The predicted octanol–water partition coefficient (Wildman–Crippen LogP) is 0.894. The highest BCUT2D eigenvalue weighted by molar-refractivity contribution is 5.46. The monoisotopic (exact) mass is 249 g/mol. The van der Waals surface area contributed by atoms with Gasteiger partial charge in [0.25, 0.3) is 0 Å². The number of aromatic amines is 1. The Morgan fingerprint density at radius 1 is 1.28 bits per heavy atom. The number of phenolic OH excluding ortho intramolecular Hbond substituents is 2. The standard InChI is InChI=1S/C11H15N5O2/c1-16(2)11-13-10(14-15-11)12-6-7-4-3-5-8(17)9(7)18/h3-5,17-18H,6H2,1-2H3,(H2,12,13,14,15). The molecular formula is C11H15N5O2. The first-order chi connectivity index (χ1) is 8.58. The van der Waals surface area contributed by atoms with E-state index in [1.807, 2.05) is 14.1 Å². The van der Waals surface area contributed by atoms with Crippen LogP contribution in [0.3, 0.4) is 0 Å². The van der Waals surface area contributed by atoms with Crippen LogP contribution >= 0.6 is 0 Å². The Balaban J connectivity index is 2.04. The maximum absolute atomic E-state index is 9.62. The number of benzene rings is 1. The lowest BCUT2D eigenvalue weighted by molar-refractivity contribution is 0.400. The molecule has 0 amide bonds. The van der Waals surface area contributed by atoms with Crippen LogP contribution in [0.4, 0.5) is 11.9 Å². The van der Waals surface area contributed by atoms with Gasteiger partial charge in [-0.2, -0.15) is 0 Å². The van der Waals surface area contributed by atoms with Crippen molar-refractivity contribution in [2.45, 2.75) is 6.54 Å². The average Bonchev–Trinajstić information content (AvgIpc) is 2.80. The number of para-hydroxylation sites is 1. The van der Waals surface area contributed by atoms with Crippen molar-refractivity contribution in [3.05, 3.63) is 23.8 Å². The molecule has 0 saturated heterocycles. The minimum Gasteiger partial charge on any atom is -0.504 e. The quantitative estimate of drug-likeness (QED) is 0.601. The van der Waals surface area contributed by atoms with E-state index in [2.05, 4.69) is 20.5 Å². The van der Waals surface area contributed by atoms with E-state index in [0.717, 1.165) is 0 Å². The molecule has 0 unspecified atom stereocenters. The molecule has 0 fully saturated rings. The number of nitrogens with one attached hydrogen (secondary N) is 2. The fraction of sp³-hybridized carbons (Fsp3) is 0.273. The lowest BCUT2D eigenvalue weighted by Gasteiger charge is -2.07. The van der Waals surface area contributed by atoms with Crippen molar-refractivity contribution in [3.63, 3.8) is 0 Å². The normalized spacial score (nSPS) is 10.3. The molecule has 0 spiro atoms. The van der Waals surface area contributed by atoms with Crippen LogP contribution in [0.1, 0.15) is 5.56 Å². The van der Waals surface area contributed by atoms with Crippen molar-refractivity contribution < 1.29 is 10.2 Å². The fourth-order valence-electron chi connectivity index (χ4n) is 1.43. The lowest BCUT2D eigenvalue weighted by Crippen LogP contribution is -2.10. The van der Waals surface area contributed by atoms with Gasteiger partial charge in [0.15, 0.2) is 11.5 Å². The van der Waals surface area contributed by atoms with Crippen LogP contribution in [0.25, 0.3) is 0 Å². The smallest absolute Gasteiger partial charge is 0.225 e. The van der Waals surface area contributed by atoms with Crippen LogP contribution in [-0.4, -0.2) is 39.5 Å². The van der Waals surface area contributed by atoms with Crippen molar-refractivity contribution >= 4 is 11.9 Å². The Morgan fingerprint density at radius 2 is 2.06 bits per heavy atom. The Hall–Kier alpha value is -2.44. The highest BCUT2D eigenvalue weighted by Crippen LogP contribution is 2.28. The van der Waals surface area contributed by atoms with E-state index in [0.29, 0.717) is 24.0 Å². The molecule has 0 aliphatic heterocycles. The van der Waals surface area contributed by atoms with Gasteiger partial charge in [-0.1, -0.05) is 12.1 Å². The molecule has 1 heterocycles. The van der Waals surface area contributed by atoms with Gasteiger partial charge < -0.3 is 20.4 Å². The molecule has 1 aromatic carbocycles.